The molecule has 0 unspecified atom stereocenters. The van der Waals surface area contributed by atoms with Crippen LogP contribution in [0.25, 0.3) is 0 Å². The van der Waals surface area contributed by atoms with Crippen LogP contribution in [0.2, 0.25) is 0 Å². The van der Waals surface area contributed by atoms with Crippen molar-refractivity contribution in [2.24, 2.45) is 0 Å². The van der Waals surface area contributed by atoms with Crippen LogP contribution < -0.4 is 26.7 Å². The second kappa shape index (κ2) is 10.2. The zero-order valence-corrected chi connectivity index (χ0v) is 18.6. The highest BCUT2D eigenvalue weighted by Gasteiger charge is 2.17. The normalized spacial score (nSPS) is 10.5. The first-order chi connectivity index (χ1) is 14.9. The van der Waals surface area contributed by atoms with Crippen molar-refractivity contribution in [1.82, 2.24) is 9.97 Å². The number of amides is 2. The van der Waals surface area contributed by atoms with Crippen LogP contribution in [0.1, 0.15) is 17.5 Å². The van der Waals surface area contributed by atoms with Gasteiger partial charge in [0.05, 0.1) is 18.0 Å². The third-order valence-electron chi connectivity index (χ3n) is 3.76. The van der Waals surface area contributed by atoms with E-state index in [1.807, 2.05) is 6.92 Å². The topological polar surface area (TPSA) is 152 Å². The fraction of sp³-hybridized carbons (Fsp3) is 0.158. The molecule has 31 heavy (non-hydrogen) atoms. The fourth-order valence-electron chi connectivity index (χ4n) is 2.44. The number of anilines is 3. The van der Waals surface area contributed by atoms with Crippen molar-refractivity contribution < 1.29 is 18.7 Å². The second-order valence-corrected chi connectivity index (χ2v) is 7.70. The van der Waals surface area contributed by atoms with E-state index in [2.05, 4.69) is 36.5 Å². The minimum atomic E-state index is -0.656. The average molecular weight is 508 g/mol. The van der Waals surface area contributed by atoms with E-state index in [9.17, 15) is 14.4 Å². The number of para-hydroxylation sites is 2. The number of nitrogens with zero attached hydrogens (tertiary/aromatic N) is 1. The van der Waals surface area contributed by atoms with Crippen LogP contribution in [0, 0.1) is 0 Å². The Kier molecular flexibility index (Phi) is 7.36. The lowest BCUT2D eigenvalue weighted by molar-refractivity contribution is -0.113. The maximum atomic E-state index is 12.3. The first-order valence-corrected chi connectivity index (χ1v) is 10.8. The molecule has 0 radical (unpaired) electrons. The van der Waals surface area contributed by atoms with Gasteiger partial charge < -0.3 is 25.5 Å². The number of carbonyl (C=O) groups is 2. The predicted molar refractivity (Wildman–Crippen MR) is 121 cm³/mol. The van der Waals surface area contributed by atoms with Crippen molar-refractivity contribution in [3.05, 3.63) is 57.2 Å². The molecule has 12 heteroatoms. The van der Waals surface area contributed by atoms with Crippen molar-refractivity contribution in [2.45, 2.75) is 12.1 Å². The number of halogens is 1. The van der Waals surface area contributed by atoms with Crippen molar-refractivity contribution in [3.8, 4) is 5.75 Å². The Bertz CT molecular complexity index is 1160. The molecule has 0 aliphatic carbocycles. The van der Waals surface area contributed by atoms with Gasteiger partial charge in [-0.25, -0.2) is 4.98 Å². The fourth-order valence-corrected chi connectivity index (χ4v) is 3.42. The maximum absolute atomic E-state index is 12.3. The lowest BCUT2D eigenvalue weighted by Gasteiger charge is -2.11. The largest absolute Gasteiger partial charge is 0.492 e. The number of nitrogens with two attached hydrogens (primary N) is 1. The number of rotatable bonds is 8. The third kappa shape index (κ3) is 5.89. The maximum Gasteiger partial charge on any atom is 0.291 e. The lowest BCUT2D eigenvalue weighted by Crippen LogP contribution is -2.23. The summed E-state index contributed by atoms with van der Waals surface area (Å²) in [5.41, 5.74) is 5.49. The highest BCUT2D eigenvalue weighted by Crippen LogP contribution is 2.24. The summed E-state index contributed by atoms with van der Waals surface area (Å²) in [5, 5.41) is 5.24. The Morgan fingerprint density at radius 3 is 2.71 bits per heavy atom. The molecule has 162 valence electrons. The Labute approximate surface area is 189 Å². The molecular formula is C19H18BrN5O5S. The molecule has 2 aromatic heterocycles. The van der Waals surface area contributed by atoms with E-state index >= 15 is 0 Å². The number of aromatic nitrogens is 2. The number of hydrogen-bond donors (Lipinski definition) is 4. The number of benzene rings is 1. The number of furan rings is 1. The second-order valence-electron chi connectivity index (χ2n) is 5.96. The van der Waals surface area contributed by atoms with Crippen molar-refractivity contribution in [3.63, 3.8) is 0 Å². The summed E-state index contributed by atoms with van der Waals surface area (Å²) >= 11 is 4.08. The summed E-state index contributed by atoms with van der Waals surface area (Å²) in [6.07, 6.45) is 0. The number of ether oxygens (including phenoxy) is 1. The number of thioether (sulfide) groups is 1. The van der Waals surface area contributed by atoms with E-state index in [0.717, 1.165) is 11.8 Å². The molecule has 0 atom stereocenters. The molecule has 1 aromatic carbocycles. The van der Waals surface area contributed by atoms with Gasteiger partial charge in [0, 0.05) is 0 Å². The van der Waals surface area contributed by atoms with Gasteiger partial charge in [-0.3, -0.25) is 19.4 Å². The summed E-state index contributed by atoms with van der Waals surface area (Å²) in [5.74, 6) is -0.644. The van der Waals surface area contributed by atoms with Gasteiger partial charge in [-0.05, 0) is 47.1 Å². The minimum absolute atomic E-state index is 0.00636. The lowest BCUT2D eigenvalue weighted by atomic mass is 10.3. The molecule has 0 aliphatic heterocycles. The van der Waals surface area contributed by atoms with Crippen LogP contribution in [0.4, 0.5) is 17.2 Å². The zero-order valence-electron chi connectivity index (χ0n) is 16.2. The van der Waals surface area contributed by atoms with E-state index in [1.54, 1.807) is 24.3 Å². The van der Waals surface area contributed by atoms with Gasteiger partial charge in [-0.2, -0.15) is 0 Å². The summed E-state index contributed by atoms with van der Waals surface area (Å²) in [6, 6.07) is 10.0. The van der Waals surface area contributed by atoms with Crippen LogP contribution in [0.5, 0.6) is 5.75 Å². The number of aromatic amines is 1. The molecule has 0 saturated heterocycles. The van der Waals surface area contributed by atoms with Gasteiger partial charge in [0.15, 0.2) is 27.1 Å². The third-order valence-corrected chi connectivity index (χ3v) is 5.06. The van der Waals surface area contributed by atoms with Crippen molar-refractivity contribution in [1.29, 1.82) is 0 Å². The zero-order chi connectivity index (χ0) is 22.4. The predicted octanol–water partition coefficient (Wildman–Crippen LogP) is 3.09. The van der Waals surface area contributed by atoms with Gasteiger partial charge in [0.2, 0.25) is 5.91 Å². The van der Waals surface area contributed by atoms with Gasteiger partial charge in [0.25, 0.3) is 11.5 Å². The molecule has 0 aliphatic rings. The van der Waals surface area contributed by atoms with Crippen LogP contribution in [0.15, 0.2) is 55.4 Å². The highest BCUT2D eigenvalue weighted by molar-refractivity contribution is 9.10. The Morgan fingerprint density at radius 1 is 1.26 bits per heavy atom. The monoisotopic (exact) mass is 507 g/mol. The first-order valence-electron chi connectivity index (χ1n) is 8.98. The molecule has 2 amide bonds. The molecule has 0 spiro atoms. The number of nitrogens with one attached hydrogen (secondary N) is 3. The summed E-state index contributed by atoms with van der Waals surface area (Å²) in [4.78, 5) is 43.3. The molecule has 2 heterocycles. The molecule has 5 N–H and O–H groups in total. The smallest absolute Gasteiger partial charge is 0.291 e. The molecule has 3 rings (SSSR count). The van der Waals surface area contributed by atoms with Crippen LogP contribution in [-0.4, -0.2) is 34.1 Å². The Hall–Kier alpha value is -3.25. The van der Waals surface area contributed by atoms with Crippen molar-refractivity contribution >= 4 is 56.7 Å². The molecular weight excluding hydrogens is 490 g/mol. The van der Waals surface area contributed by atoms with Crippen molar-refractivity contribution in [2.75, 3.05) is 28.7 Å². The van der Waals surface area contributed by atoms with Gasteiger partial charge >= 0.3 is 0 Å². The first kappa shape index (κ1) is 22.4. The molecule has 10 nitrogen and oxygen atoms in total. The van der Waals surface area contributed by atoms with E-state index in [4.69, 9.17) is 14.9 Å². The summed E-state index contributed by atoms with van der Waals surface area (Å²) < 4.78 is 11.0. The van der Waals surface area contributed by atoms with E-state index in [1.165, 1.54) is 12.1 Å². The quantitative estimate of drug-likeness (QED) is 0.268. The van der Waals surface area contributed by atoms with Gasteiger partial charge in [-0.1, -0.05) is 23.9 Å². The van der Waals surface area contributed by atoms with Gasteiger partial charge in [0.1, 0.15) is 5.75 Å². The standard InChI is InChI=1S/C19H18BrN5O5S/c1-2-29-11-6-4-3-5-10(11)22-14(26)9-31-19-24-16(21)15(18(28)25-19)23-17(27)12-7-8-13(20)30-12/h3-8H,2,9H2,1H3,(H,22,26)(H,23,27)(H3,21,24,25,28). The highest BCUT2D eigenvalue weighted by atomic mass is 79.9. The Balaban J connectivity index is 1.63. The molecule has 3 aromatic rings. The van der Waals surface area contributed by atoms with E-state index in [-0.39, 0.29) is 34.1 Å². The number of H-pyrrole nitrogens is 1. The SMILES string of the molecule is CCOc1ccccc1NC(=O)CSc1nc(N)c(NC(=O)c2ccc(Br)o2)c(=O)[nH]1. The molecule has 0 saturated carbocycles. The van der Waals surface area contributed by atoms with Crippen LogP contribution in [0.3, 0.4) is 0 Å². The van der Waals surface area contributed by atoms with E-state index < -0.39 is 11.5 Å². The van der Waals surface area contributed by atoms with Gasteiger partial charge in [-0.15, -0.1) is 0 Å². The Morgan fingerprint density at radius 2 is 2.03 bits per heavy atom. The van der Waals surface area contributed by atoms with Crippen LogP contribution >= 0.6 is 27.7 Å². The number of nitrogen functional groups attached to an aromatic ring is 1. The number of hydrogen-bond acceptors (Lipinski definition) is 8. The minimum Gasteiger partial charge on any atom is -0.492 e. The number of carbonyl (C=O) groups excluding carboxylic acids is 2. The molecule has 0 fully saturated rings. The molecule has 0 bridgehead atoms. The summed E-state index contributed by atoms with van der Waals surface area (Å²) in [7, 11) is 0. The van der Waals surface area contributed by atoms with E-state index in [0.29, 0.717) is 22.7 Å². The summed E-state index contributed by atoms with van der Waals surface area (Å²) in [6.45, 7) is 2.31. The average Bonchev–Trinajstić information content (AvgIpc) is 3.17. The van der Waals surface area contributed by atoms with Crippen LogP contribution in [-0.2, 0) is 4.79 Å².